The van der Waals surface area contributed by atoms with Gasteiger partial charge in [0, 0.05) is 11.0 Å². The molecule has 2 aromatic rings. The van der Waals surface area contributed by atoms with E-state index in [1.807, 2.05) is 0 Å². The fourth-order valence-corrected chi connectivity index (χ4v) is 2.86. The second kappa shape index (κ2) is 8.29. The van der Waals surface area contributed by atoms with Crippen LogP contribution in [-0.2, 0) is 0 Å². The lowest BCUT2D eigenvalue weighted by Gasteiger charge is -2.18. The summed E-state index contributed by atoms with van der Waals surface area (Å²) in [6.07, 6.45) is -10.4. The number of thioether (sulfide) groups is 1. The highest BCUT2D eigenvalue weighted by Crippen LogP contribution is 2.36. The molecule has 0 saturated carbocycles. The molecule has 4 nitrogen and oxygen atoms in total. The fourth-order valence-electron chi connectivity index (χ4n) is 2.06. The molecule has 0 unspecified atom stereocenters. The van der Waals surface area contributed by atoms with Crippen molar-refractivity contribution in [3.8, 4) is 17.6 Å². The van der Waals surface area contributed by atoms with E-state index in [-0.39, 0.29) is 10.5 Å². The second-order valence-corrected chi connectivity index (χ2v) is 6.87. The molecule has 0 fully saturated rings. The van der Waals surface area contributed by atoms with Gasteiger partial charge < -0.3 is 4.74 Å². The van der Waals surface area contributed by atoms with Crippen LogP contribution in [-0.4, -0.2) is 40.4 Å². The molecule has 1 aromatic heterocycles. The Morgan fingerprint density at radius 3 is 2.27 bits per heavy atom. The van der Waals surface area contributed by atoms with Gasteiger partial charge in [-0.2, -0.15) is 40.4 Å². The number of nitriles is 1. The van der Waals surface area contributed by atoms with Crippen LogP contribution in [0.1, 0.15) is 11.3 Å². The van der Waals surface area contributed by atoms with E-state index in [1.54, 1.807) is 0 Å². The Morgan fingerprint density at radius 2 is 1.73 bits per heavy atom. The van der Waals surface area contributed by atoms with Crippen molar-refractivity contribution in [2.45, 2.75) is 30.1 Å². The largest absolute Gasteiger partial charge is 0.470 e. The molecule has 0 aliphatic carbocycles. The Morgan fingerprint density at radius 1 is 1.10 bits per heavy atom. The van der Waals surface area contributed by atoms with Crippen LogP contribution in [0.25, 0.3) is 5.69 Å². The van der Waals surface area contributed by atoms with Crippen molar-refractivity contribution in [3.05, 3.63) is 35.3 Å². The third-order valence-electron chi connectivity index (χ3n) is 3.48. The minimum Gasteiger partial charge on any atom is -0.470 e. The van der Waals surface area contributed by atoms with Gasteiger partial charge in [-0.25, -0.2) is 9.07 Å². The van der Waals surface area contributed by atoms with E-state index < -0.39 is 53.7 Å². The topological polar surface area (TPSA) is 50.8 Å². The summed E-state index contributed by atoms with van der Waals surface area (Å²) >= 11 is 0.337. The molecule has 0 atom stereocenters. The molecule has 0 N–H and O–H groups in total. The molecule has 0 amide bonds. The van der Waals surface area contributed by atoms with Gasteiger partial charge in [0.1, 0.15) is 23.3 Å². The van der Waals surface area contributed by atoms with E-state index in [9.17, 15) is 39.5 Å². The number of halogens is 9. The lowest BCUT2D eigenvalue weighted by molar-refractivity contribution is -0.290. The third kappa shape index (κ3) is 5.53. The molecule has 1 aromatic carbocycles. The van der Waals surface area contributed by atoms with Crippen LogP contribution >= 0.6 is 11.8 Å². The average molecular weight is 463 g/mol. The number of alkyl halides is 8. The van der Waals surface area contributed by atoms with Gasteiger partial charge in [0.15, 0.2) is 6.61 Å². The molecule has 0 aliphatic heterocycles. The van der Waals surface area contributed by atoms with E-state index in [4.69, 9.17) is 5.26 Å². The van der Waals surface area contributed by atoms with Crippen molar-refractivity contribution < 1.29 is 44.3 Å². The van der Waals surface area contributed by atoms with Crippen molar-refractivity contribution in [3.63, 3.8) is 0 Å². The molecule has 0 saturated heterocycles. The van der Waals surface area contributed by atoms with E-state index in [0.29, 0.717) is 22.5 Å². The Bertz CT molecular complexity index is 961. The quantitative estimate of drug-likeness (QED) is 0.424. The summed E-state index contributed by atoms with van der Waals surface area (Å²) in [7, 11) is 0. The molecule has 30 heavy (non-hydrogen) atoms. The van der Waals surface area contributed by atoms with Gasteiger partial charge in [0.05, 0.1) is 5.75 Å². The van der Waals surface area contributed by atoms with Crippen molar-refractivity contribution in [2.75, 3.05) is 12.4 Å². The first-order chi connectivity index (χ1) is 13.6. The zero-order chi connectivity index (χ0) is 22.9. The van der Waals surface area contributed by atoms with Crippen LogP contribution in [0.15, 0.2) is 23.1 Å². The number of nitrogens with zero attached hydrogens (tertiary/aromatic N) is 3. The highest BCUT2D eigenvalue weighted by Gasteiger charge is 2.58. The molecular formula is C16H10F9N3OS. The highest BCUT2D eigenvalue weighted by molar-refractivity contribution is 7.99. The summed E-state index contributed by atoms with van der Waals surface area (Å²) in [5, 5.41) is 12.6. The molecule has 0 radical (unpaired) electrons. The number of hydrogen-bond donors (Lipinski definition) is 0. The van der Waals surface area contributed by atoms with Gasteiger partial charge in [-0.15, -0.1) is 16.9 Å². The number of aromatic nitrogens is 2. The molecule has 14 heteroatoms. The normalized spacial score (nSPS) is 12.7. The highest BCUT2D eigenvalue weighted by atomic mass is 32.2. The average Bonchev–Trinajstić information content (AvgIpc) is 3.00. The van der Waals surface area contributed by atoms with Crippen LogP contribution in [0.5, 0.6) is 5.88 Å². The number of benzene rings is 1. The van der Waals surface area contributed by atoms with E-state index in [2.05, 4.69) is 9.84 Å². The first kappa shape index (κ1) is 23.7. The lowest BCUT2D eigenvalue weighted by atomic mass is 10.2. The summed E-state index contributed by atoms with van der Waals surface area (Å²) in [6.45, 7) is -0.797. The molecule has 0 spiro atoms. The maximum atomic E-state index is 14.3. The van der Waals surface area contributed by atoms with Crippen molar-refractivity contribution in [1.82, 2.24) is 9.78 Å². The maximum Gasteiger partial charge on any atom is 0.456 e. The molecule has 0 bridgehead atoms. The Labute approximate surface area is 167 Å². The molecule has 164 valence electrons. The number of hydrogen-bond acceptors (Lipinski definition) is 4. The Hall–Kier alpha value is -2.56. The standard InChI is InChI=1S/C16H10F9N3OS/c1-8-2-10(17)11(4-12(8)30-7-15(20,21)22)28-9(5-26)3-13(27-28)29-6-14(18,19)16(23,24)25/h2-4H,6-7H2,1H3. The second-order valence-electron chi connectivity index (χ2n) is 5.86. The first-order valence-electron chi connectivity index (χ1n) is 7.72. The van der Waals surface area contributed by atoms with Crippen LogP contribution in [0.4, 0.5) is 39.5 Å². The van der Waals surface area contributed by atoms with Gasteiger partial charge in [-0.05, 0) is 24.6 Å². The summed E-state index contributed by atoms with van der Waals surface area (Å²) in [4.78, 5) is -0.00538. The summed E-state index contributed by atoms with van der Waals surface area (Å²) in [6, 6.07) is 4.02. The van der Waals surface area contributed by atoms with Gasteiger partial charge >= 0.3 is 18.3 Å². The smallest absolute Gasteiger partial charge is 0.456 e. The van der Waals surface area contributed by atoms with Crippen LogP contribution in [0.2, 0.25) is 0 Å². The van der Waals surface area contributed by atoms with Gasteiger partial charge in [-0.1, -0.05) is 0 Å². The molecule has 0 aliphatic rings. The zero-order valence-corrected chi connectivity index (χ0v) is 15.5. The SMILES string of the molecule is Cc1cc(F)c(-n2nc(OCC(F)(F)C(F)(F)F)cc2C#N)cc1SCC(F)(F)F. The van der Waals surface area contributed by atoms with Gasteiger partial charge in [0.2, 0.25) is 5.88 Å². The fraction of sp³-hybridized carbons (Fsp3) is 0.375. The van der Waals surface area contributed by atoms with Crippen LogP contribution in [0.3, 0.4) is 0 Å². The summed E-state index contributed by atoms with van der Waals surface area (Å²) in [5.41, 5.74) is -0.869. The predicted octanol–water partition coefficient (Wildman–Crippen LogP) is 5.42. The van der Waals surface area contributed by atoms with E-state index >= 15 is 0 Å². The Kier molecular flexibility index (Phi) is 6.55. The molecular weight excluding hydrogens is 453 g/mol. The van der Waals surface area contributed by atoms with Gasteiger partial charge in [0.25, 0.3) is 0 Å². The number of ether oxygens (including phenoxy) is 1. The maximum absolute atomic E-state index is 14.3. The monoisotopic (exact) mass is 463 g/mol. The lowest BCUT2D eigenvalue weighted by Crippen LogP contribution is -2.41. The molecule has 1 heterocycles. The van der Waals surface area contributed by atoms with E-state index in [1.165, 1.54) is 13.0 Å². The van der Waals surface area contributed by atoms with Crippen LogP contribution < -0.4 is 4.74 Å². The third-order valence-corrected chi connectivity index (χ3v) is 4.70. The van der Waals surface area contributed by atoms with Crippen molar-refractivity contribution in [2.24, 2.45) is 0 Å². The van der Waals surface area contributed by atoms with Crippen molar-refractivity contribution >= 4 is 11.8 Å². The minimum atomic E-state index is -5.89. The van der Waals surface area contributed by atoms with E-state index in [0.717, 1.165) is 12.1 Å². The first-order valence-corrected chi connectivity index (χ1v) is 8.71. The predicted molar refractivity (Wildman–Crippen MR) is 86.3 cm³/mol. The Balaban J connectivity index is 2.36. The number of aryl methyl sites for hydroxylation is 1. The number of rotatable bonds is 6. The summed E-state index contributed by atoms with van der Waals surface area (Å²) in [5.74, 6) is -8.35. The van der Waals surface area contributed by atoms with Gasteiger partial charge in [-0.3, -0.25) is 0 Å². The van der Waals surface area contributed by atoms with Crippen molar-refractivity contribution in [1.29, 1.82) is 5.26 Å². The van der Waals surface area contributed by atoms with Crippen LogP contribution in [0, 0.1) is 24.1 Å². The molecule has 2 rings (SSSR count). The zero-order valence-electron chi connectivity index (χ0n) is 14.7. The minimum absolute atomic E-state index is 0.00538. The summed E-state index contributed by atoms with van der Waals surface area (Å²) < 4.78 is 119.